The molecule has 1 aliphatic heterocycles. The van der Waals surface area contributed by atoms with Crippen molar-refractivity contribution in [2.45, 2.75) is 12.5 Å². The number of piperazine rings is 1. The third-order valence-electron chi connectivity index (χ3n) is 3.16. The summed E-state index contributed by atoms with van der Waals surface area (Å²) in [5.74, 6) is -1.90. The van der Waals surface area contributed by atoms with Crippen LogP contribution in [0.4, 0.5) is 17.6 Å². The van der Waals surface area contributed by atoms with Crippen molar-refractivity contribution in [2.24, 2.45) is 0 Å². The van der Waals surface area contributed by atoms with E-state index in [-0.39, 0.29) is 29.3 Å². The second-order valence-corrected chi connectivity index (χ2v) is 5.18. The predicted molar refractivity (Wildman–Crippen MR) is 81.7 cm³/mol. The Balaban J connectivity index is 0.00000200. The molecule has 0 unspecified atom stereocenters. The zero-order chi connectivity index (χ0) is 14.0. The second-order valence-electron chi connectivity index (χ2n) is 4.32. The fraction of sp³-hybridized carbons (Fsp3) is 0.500. The molecule has 1 aromatic rings. The van der Waals surface area contributed by atoms with E-state index in [1.807, 2.05) is 0 Å². The molecule has 2 nitrogen and oxygen atoms in total. The number of hydrogen-bond acceptors (Lipinski definition) is 2. The zero-order valence-corrected chi connectivity index (χ0v) is 14.0. The van der Waals surface area contributed by atoms with Crippen LogP contribution in [0.15, 0.2) is 16.6 Å². The van der Waals surface area contributed by atoms with Gasteiger partial charge >= 0.3 is 0 Å². The van der Waals surface area contributed by atoms with Crippen molar-refractivity contribution in [3.8, 4) is 0 Å². The lowest BCUT2D eigenvalue weighted by atomic mass is 10.0. The number of halogens is 7. The van der Waals surface area contributed by atoms with Gasteiger partial charge in [0.1, 0.15) is 17.7 Å². The molecule has 1 N–H and O–H groups in total. The molecular formula is C12H15BrCl2F4N2. The molecule has 1 heterocycles. The molecule has 1 atom stereocenters. The van der Waals surface area contributed by atoms with E-state index in [0.29, 0.717) is 26.2 Å². The molecule has 0 aliphatic carbocycles. The molecule has 2 rings (SSSR count). The van der Waals surface area contributed by atoms with E-state index in [9.17, 15) is 17.6 Å². The van der Waals surface area contributed by atoms with Crippen molar-refractivity contribution in [2.75, 3.05) is 26.2 Å². The summed E-state index contributed by atoms with van der Waals surface area (Å²) in [6, 6.07) is 0.619. The van der Waals surface area contributed by atoms with Crippen molar-refractivity contribution in [1.29, 1.82) is 0 Å². The number of nitrogens with one attached hydrogen (secondary N) is 1. The van der Waals surface area contributed by atoms with Crippen LogP contribution in [0.2, 0.25) is 0 Å². The number of rotatable bonds is 3. The van der Waals surface area contributed by atoms with E-state index < -0.39 is 29.7 Å². The smallest absolute Gasteiger partial charge is 0.258 e. The van der Waals surface area contributed by atoms with Crippen molar-refractivity contribution < 1.29 is 17.6 Å². The number of benzene rings is 1. The third-order valence-corrected chi connectivity index (χ3v) is 3.77. The summed E-state index contributed by atoms with van der Waals surface area (Å²) in [7, 11) is 0. The lowest BCUT2D eigenvalue weighted by Gasteiger charge is -2.35. The molecule has 122 valence electrons. The molecule has 1 fully saturated rings. The maximum atomic E-state index is 14.0. The largest absolute Gasteiger partial charge is 0.314 e. The van der Waals surface area contributed by atoms with Crippen LogP contribution in [0.25, 0.3) is 0 Å². The van der Waals surface area contributed by atoms with Gasteiger partial charge in [-0.1, -0.05) is 0 Å². The van der Waals surface area contributed by atoms with Gasteiger partial charge in [-0.2, -0.15) is 0 Å². The van der Waals surface area contributed by atoms with Crippen LogP contribution >= 0.6 is 40.7 Å². The highest BCUT2D eigenvalue weighted by molar-refractivity contribution is 9.10. The first kappa shape index (κ1) is 20.9. The van der Waals surface area contributed by atoms with Crippen LogP contribution in [-0.4, -0.2) is 37.5 Å². The van der Waals surface area contributed by atoms with Crippen LogP contribution in [0.5, 0.6) is 0 Å². The minimum atomic E-state index is -2.85. The molecule has 0 aromatic heterocycles. The minimum absolute atomic E-state index is 0. The summed E-state index contributed by atoms with van der Waals surface area (Å²) < 4.78 is 54.2. The average Bonchev–Trinajstić information content (AvgIpc) is 2.39. The molecule has 0 radical (unpaired) electrons. The summed E-state index contributed by atoms with van der Waals surface area (Å²) in [6.07, 6.45) is -2.85. The Morgan fingerprint density at radius 3 is 2.19 bits per heavy atom. The van der Waals surface area contributed by atoms with Gasteiger partial charge in [-0.3, -0.25) is 4.90 Å². The molecular weight excluding hydrogens is 399 g/mol. The summed E-state index contributed by atoms with van der Waals surface area (Å²) in [4.78, 5) is 1.41. The normalized spacial score (nSPS) is 17.0. The first-order valence-corrected chi connectivity index (χ1v) is 6.68. The van der Waals surface area contributed by atoms with Gasteiger partial charge in [-0.15, -0.1) is 24.8 Å². The molecule has 0 saturated carbocycles. The predicted octanol–water partition coefficient (Wildman–Crippen LogP) is 3.78. The fourth-order valence-electron chi connectivity index (χ4n) is 2.24. The van der Waals surface area contributed by atoms with Crippen molar-refractivity contribution in [3.05, 3.63) is 33.8 Å². The van der Waals surface area contributed by atoms with Crippen LogP contribution in [0.1, 0.15) is 11.6 Å². The monoisotopic (exact) mass is 412 g/mol. The molecule has 0 spiro atoms. The van der Waals surface area contributed by atoms with Crippen molar-refractivity contribution in [3.63, 3.8) is 0 Å². The van der Waals surface area contributed by atoms with Gasteiger partial charge < -0.3 is 5.32 Å². The van der Waals surface area contributed by atoms with Gasteiger partial charge in [0.05, 0.1) is 4.47 Å². The number of nitrogens with zero attached hydrogens (tertiary/aromatic N) is 1. The Morgan fingerprint density at radius 2 is 1.67 bits per heavy atom. The maximum absolute atomic E-state index is 14.0. The Kier molecular flexibility index (Phi) is 9.11. The molecule has 1 saturated heterocycles. The minimum Gasteiger partial charge on any atom is -0.314 e. The van der Waals surface area contributed by atoms with Crippen LogP contribution in [-0.2, 0) is 0 Å². The fourth-order valence-corrected chi connectivity index (χ4v) is 2.59. The van der Waals surface area contributed by atoms with E-state index >= 15 is 0 Å². The molecule has 0 bridgehead atoms. The highest BCUT2D eigenvalue weighted by atomic mass is 79.9. The molecule has 0 amide bonds. The lowest BCUT2D eigenvalue weighted by Crippen LogP contribution is -2.47. The van der Waals surface area contributed by atoms with Crippen LogP contribution in [0.3, 0.4) is 0 Å². The summed E-state index contributed by atoms with van der Waals surface area (Å²) >= 11 is 2.90. The van der Waals surface area contributed by atoms with E-state index in [1.54, 1.807) is 0 Å². The summed E-state index contributed by atoms with van der Waals surface area (Å²) in [5, 5.41) is 3.02. The quantitative estimate of drug-likeness (QED) is 0.599. The van der Waals surface area contributed by atoms with Crippen LogP contribution < -0.4 is 5.32 Å². The van der Waals surface area contributed by atoms with E-state index in [4.69, 9.17) is 0 Å². The van der Waals surface area contributed by atoms with Gasteiger partial charge in [0.15, 0.2) is 0 Å². The van der Waals surface area contributed by atoms with Crippen molar-refractivity contribution >= 4 is 40.7 Å². The topological polar surface area (TPSA) is 15.3 Å². The van der Waals surface area contributed by atoms with E-state index in [2.05, 4.69) is 21.2 Å². The Morgan fingerprint density at radius 1 is 1.10 bits per heavy atom. The van der Waals surface area contributed by atoms with Gasteiger partial charge in [0, 0.05) is 31.7 Å². The van der Waals surface area contributed by atoms with Gasteiger partial charge in [-0.05, 0) is 28.1 Å². The van der Waals surface area contributed by atoms with Gasteiger partial charge in [0.2, 0.25) is 0 Å². The highest BCUT2D eigenvalue weighted by Crippen LogP contribution is 2.34. The first-order chi connectivity index (χ1) is 9.02. The average molecular weight is 414 g/mol. The molecule has 1 aromatic carbocycles. The summed E-state index contributed by atoms with van der Waals surface area (Å²) in [5.41, 5.74) is -0.564. The molecule has 9 heteroatoms. The molecule has 1 aliphatic rings. The van der Waals surface area contributed by atoms with Crippen LogP contribution in [0, 0.1) is 11.6 Å². The standard InChI is InChI=1S/C12H13BrF4N2.2ClH/c13-7-1-2-8(14)9(10(7)15)11(12(16)17)19-5-3-18-4-6-19;;/h1-2,11-12,18H,3-6H2;2*1H/t11-;;/m0../s1. The first-order valence-electron chi connectivity index (χ1n) is 5.88. The Labute approximate surface area is 141 Å². The maximum Gasteiger partial charge on any atom is 0.258 e. The SMILES string of the molecule is Cl.Cl.Fc1ccc(Br)c(F)c1[C@@H](C(F)F)N1CCNCC1. The Bertz CT molecular complexity index is 459. The van der Waals surface area contributed by atoms with E-state index in [1.165, 1.54) is 11.0 Å². The van der Waals surface area contributed by atoms with Crippen molar-refractivity contribution in [1.82, 2.24) is 10.2 Å². The zero-order valence-electron chi connectivity index (χ0n) is 10.8. The lowest BCUT2D eigenvalue weighted by molar-refractivity contribution is 0.0144. The van der Waals surface area contributed by atoms with Gasteiger partial charge in [-0.25, -0.2) is 17.6 Å². The number of hydrogen-bond donors (Lipinski definition) is 1. The Hall–Kier alpha value is -0.0800. The highest BCUT2D eigenvalue weighted by Gasteiger charge is 2.35. The second kappa shape index (κ2) is 9.15. The summed E-state index contributed by atoms with van der Waals surface area (Å²) in [6.45, 7) is 1.72. The third kappa shape index (κ3) is 4.69. The number of alkyl halides is 2. The van der Waals surface area contributed by atoms with Gasteiger partial charge in [0.25, 0.3) is 6.43 Å². The molecule has 21 heavy (non-hydrogen) atoms. The van der Waals surface area contributed by atoms with E-state index in [0.717, 1.165) is 6.07 Å².